The van der Waals surface area contributed by atoms with Crippen LogP contribution in [0.15, 0.2) is 53.4 Å². The number of carbonyl (C=O) groups excluding carboxylic acids is 1. The molecule has 3 rings (SSSR count). The lowest BCUT2D eigenvalue weighted by molar-refractivity contribution is 0.0958. The molecule has 0 saturated carbocycles. The number of tetrazole rings is 1. The Morgan fingerprint density at radius 2 is 1.81 bits per heavy atom. The van der Waals surface area contributed by atoms with Crippen molar-refractivity contribution in [2.45, 2.75) is 4.90 Å². The first-order valence-electron chi connectivity index (χ1n) is 7.55. The molecule has 0 saturated heterocycles. The summed E-state index contributed by atoms with van der Waals surface area (Å²) in [6.45, 7) is 0.0634. The Balaban J connectivity index is 1.85. The number of benzene rings is 2. The standard InChI is InChI=1S/C17H12FN5O3S/c1-2-11-19-17(24)13-5-9-15(10-6-13)27(25,26)23-21-16(20-22-23)12-3-7-14(18)8-4-12/h1,3-10H,11H2,(H,19,24). The van der Waals surface area contributed by atoms with Crippen molar-refractivity contribution < 1.29 is 17.6 Å². The van der Waals surface area contributed by atoms with Crippen molar-refractivity contribution in [3.63, 3.8) is 0 Å². The minimum absolute atomic E-state index is 0.0313. The van der Waals surface area contributed by atoms with Crippen LogP contribution in [-0.4, -0.2) is 40.5 Å². The maximum absolute atomic E-state index is 13.0. The Morgan fingerprint density at radius 3 is 2.44 bits per heavy atom. The quantitative estimate of drug-likeness (QED) is 0.659. The number of aromatic nitrogens is 4. The van der Waals surface area contributed by atoms with Gasteiger partial charge in [0.15, 0.2) is 0 Å². The van der Waals surface area contributed by atoms with E-state index < -0.39 is 21.7 Å². The summed E-state index contributed by atoms with van der Waals surface area (Å²) in [5.41, 5.74) is 0.668. The van der Waals surface area contributed by atoms with Crippen LogP contribution in [0.1, 0.15) is 10.4 Å². The Hall–Kier alpha value is -3.58. The fraction of sp³-hybridized carbons (Fsp3) is 0.0588. The minimum Gasteiger partial charge on any atom is -0.341 e. The Morgan fingerprint density at radius 1 is 1.15 bits per heavy atom. The smallest absolute Gasteiger partial charge is 0.300 e. The number of hydrogen-bond donors (Lipinski definition) is 1. The molecule has 3 aromatic rings. The van der Waals surface area contributed by atoms with Gasteiger partial charge in [0.25, 0.3) is 5.91 Å². The fourth-order valence-electron chi connectivity index (χ4n) is 2.12. The van der Waals surface area contributed by atoms with Crippen LogP contribution < -0.4 is 5.32 Å². The number of halogens is 1. The minimum atomic E-state index is -4.10. The topological polar surface area (TPSA) is 107 Å². The molecular formula is C17H12FN5O3S. The van der Waals surface area contributed by atoms with Gasteiger partial charge in [-0.15, -0.1) is 16.6 Å². The second-order valence-corrected chi connectivity index (χ2v) is 7.01. The maximum atomic E-state index is 13.0. The predicted octanol–water partition coefficient (Wildman–Crippen LogP) is 1.08. The largest absolute Gasteiger partial charge is 0.341 e. The van der Waals surface area contributed by atoms with Gasteiger partial charge in [-0.25, -0.2) is 4.39 Å². The van der Waals surface area contributed by atoms with Gasteiger partial charge in [-0.1, -0.05) is 5.92 Å². The van der Waals surface area contributed by atoms with Gasteiger partial charge in [0.05, 0.1) is 11.4 Å². The van der Waals surface area contributed by atoms with Gasteiger partial charge in [0.2, 0.25) is 5.82 Å². The van der Waals surface area contributed by atoms with Gasteiger partial charge in [0.1, 0.15) is 5.82 Å². The van der Waals surface area contributed by atoms with E-state index in [1.165, 1.54) is 48.5 Å². The number of rotatable bonds is 5. The summed E-state index contributed by atoms with van der Waals surface area (Å²) in [5, 5.41) is 13.6. The van der Waals surface area contributed by atoms with Gasteiger partial charge in [-0.3, -0.25) is 4.79 Å². The van der Waals surface area contributed by atoms with Crippen LogP contribution in [0.5, 0.6) is 0 Å². The highest BCUT2D eigenvalue weighted by atomic mass is 32.2. The van der Waals surface area contributed by atoms with Crippen LogP contribution in [0, 0.1) is 18.2 Å². The first kappa shape index (κ1) is 18.2. The Bertz CT molecular complexity index is 1120. The molecule has 0 spiro atoms. The molecular weight excluding hydrogens is 373 g/mol. The molecule has 0 unspecified atom stereocenters. The van der Waals surface area contributed by atoms with Crippen LogP contribution in [0.4, 0.5) is 4.39 Å². The van der Waals surface area contributed by atoms with Crippen molar-refractivity contribution in [1.29, 1.82) is 0 Å². The van der Waals surface area contributed by atoms with Gasteiger partial charge < -0.3 is 5.32 Å². The van der Waals surface area contributed by atoms with Crippen LogP contribution in [0.3, 0.4) is 0 Å². The molecule has 0 bridgehead atoms. The zero-order valence-electron chi connectivity index (χ0n) is 13.7. The van der Waals surface area contributed by atoms with E-state index in [9.17, 15) is 17.6 Å². The summed E-state index contributed by atoms with van der Waals surface area (Å²) in [6.07, 6.45) is 5.07. The molecule has 8 nitrogen and oxygen atoms in total. The molecule has 1 amide bonds. The molecule has 1 heterocycles. The fourth-order valence-corrected chi connectivity index (χ4v) is 3.11. The van der Waals surface area contributed by atoms with E-state index in [2.05, 4.69) is 26.6 Å². The van der Waals surface area contributed by atoms with E-state index in [0.717, 1.165) is 0 Å². The zero-order valence-corrected chi connectivity index (χ0v) is 14.5. The highest BCUT2D eigenvalue weighted by Crippen LogP contribution is 2.17. The number of hydrogen-bond acceptors (Lipinski definition) is 6. The van der Waals surface area contributed by atoms with Crippen LogP contribution >= 0.6 is 0 Å². The molecule has 0 aliphatic rings. The van der Waals surface area contributed by atoms with E-state index in [-0.39, 0.29) is 22.8 Å². The number of amides is 1. The van der Waals surface area contributed by atoms with Crippen molar-refractivity contribution >= 4 is 15.9 Å². The van der Waals surface area contributed by atoms with Gasteiger partial charge in [0, 0.05) is 11.1 Å². The monoisotopic (exact) mass is 385 g/mol. The molecule has 27 heavy (non-hydrogen) atoms. The summed E-state index contributed by atoms with van der Waals surface area (Å²) in [4.78, 5) is 11.7. The molecule has 1 N–H and O–H groups in total. The van der Waals surface area contributed by atoms with Crippen LogP contribution in [0.25, 0.3) is 11.4 Å². The highest BCUT2D eigenvalue weighted by molar-refractivity contribution is 7.89. The lowest BCUT2D eigenvalue weighted by atomic mass is 10.2. The van der Waals surface area contributed by atoms with E-state index in [4.69, 9.17) is 6.42 Å². The zero-order chi connectivity index (χ0) is 19.4. The normalized spacial score (nSPS) is 11.0. The SMILES string of the molecule is C#CCNC(=O)c1ccc(S(=O)(=O)n2nnc(-c3ccc(F)cc3)n2)cc1. The van der Waals surface area contributed by atoms with E-state index in [1.54, 1.807) is 0 Å². The molecule has 0 fully saturated rings. The molecule has 0 aliphatic heterocycles. The first-order chi connectivity index (χ1) is 12.9. The molecule has 1 aromatic heterocycles. The van der Waals surface area contributed by atoms with Gasteiger partial charge >= 0.3 is 10.0 Å². The number of nitrogens with zero attached hydrogens (tertiary/aromatic N) is 4. The summed E-state index contributed by atoms with van der Waals surface area (Å²) in [6, 6.07) is 10.4. The average Bonchev–Trinajstić information content (AvgIpc) is 3.18. The molecule has 0 atom stereocenters. The van der Waals surface area contributed by atoms with E-state index in [0.29, 0.717) is 9.77 Å². The Kier molecular flexibility index (Phi) is 4.96. The molecule has 0 aliphatic carbocycles. The second-order valence-electron chi connectivity index (χ2n) is 5.26. The number of terminal acetylenes is 1. The first-order valence-corrected chi connectivity index (χ1v) is 8.99. The average molecular weight is 385 g/mol. The van der Waals surface area contributed by atoms with Crippen molar-refractivity contribution in [1.82, 2.24) is 24.9 Å². The van der Waals surface area contributed by atoms with E-state index >= 15 is 0 Å². The summed E-state index contributed by atoms with van der Waals surface area (Å²) >= 11 is 0. The lowest BCUT2D eigenvalue weighted by Crippen LogP contribution is -2.23. The third kappa shape index (κ3) is 3.83. The van der Waals surface area contributed by atoms with Crippen molar-refractivity contribution in [3.8, 4) is 23.7 Å². The lowest BCUT2D eigenvalue weighted by Gasteiger charge is -2.04. The summed E-state index contributed by atoms with van der Waals surface area (Å²) < 4.78 is 38.6. The van der Waals surface area contributed by atoms with Crippen molar-refractivity contribution in [2.75, 3.05) is 6.54 Å². The number of carbonyl (C=O) groups is 1. The summed E-state index contributed by atoms with van der Waals surface area (Å²) in [5.74, 6) is 1.44. The maximum Gasteiger partial charge on any atom is 0.300 e. The molecule has 0 radical (unpaired) electrons. The highest BCUT2D eigenvalue weighted by Gasteiger charge is 2.21. The van der Waals surface area contributed by atoms with Crippen molar-refractivity contribution in [2.24, 2.45) is 0 Å². The predicted molar refractivity (Wildman–Crippen MR) is 93.4 cm³/mol. The summed E-state index contributed by atoms with van der Waals surface area (Å²) in [7, 11) is -4.10. The van der Waals surface area contributed by atoms with E-state index in [1.807, 2.05) is 0 Å². The third-order valence-electron chi connectivity index (χ3n) is 3.48. The molecule has 136 valence electrons. The molecule has 10 heteroatoms. The van der Waals surface area contributed by atoms with Crippen LogP contribution in [0.2, 0.25) is 0 Å². The molecule has 2 aromatic carbocycles. The van der Waals surface area contributed by atoms with Gasteiger partial charge in [-0.05, 0) is 57.9 Å². The third-order valence-corrected chi connectivity index (χ3v) is 4.93. The second kappa shape index (κ2) is 7.35. The number of nitrogens with one attached hydrogen (secondary N) is 1. The van der Waals surface area contributed by atoms with Crippen LogP contribution in [-0.2, 0) is 10.0 Å². The van der Waals surface area contributed by atoms with Gasteiger partial charge in [-0.2, -0.15) is 8.42 Å². The Labute approximate surface area is 154 Å². The van der Waals surface area contributed by atoms with Crippen molar-refractivity contribution in [3.05, 3.63) is 59.9 Å².